The molecule has 2 N–H and O–H groups in total. The van der Waals surface area contributed by atoms with Gasteiger partial charge in [0.15, 0.2) is 0 Å². The number of carbonyl (C=O) groups excluding carboxylic acids is 1. The number of amides is 1. The van der Waals surface area contributed by atoms with E-state index < -0.39 is 5.41 Å². The highest BCUT2D eigenvalue weighted by Crippen LogP contribution is 2.35. The molecule has 2 aliphatic rings. The second-order valence-corrected chi connectivity index (χ2v) is 7.65. The first-order valence-corrected chi connectivity index (χ1v) is 9.78. The Balaban J connectivity index is 0.00000240. The second-order valence-electron chi connectivity index (χ2n) is 7.65. The lowest BCUT2D eigenvalue weighted by atomic mass is 9.78. The van der Waals surface area contributed by atoms with Crippen molar-refractivity contribution in [3.05, 3.63) is 36.0 Å². The van der Waals surface area contributed by atoms with Gasteiger partial charge < -0.3 is 19.9 Å². The number of hydrogen-bond acceptors (Lipinski definition) is 6. The maximum absolute atomic E-state index is 13.5. The number of ether oxygens (including phenoxy) is 1. The average molecular weight is 425 g/mol. The Kier molecular flexibility index (Phi) is 6.87. The van der Waals surface area contributed by atoms with Crippen LogP contribution in [0.2, 0.25) is 0 Å². The molecule has 0 saturated carbocycles. The van der Waals surface area contributed by atoms with Gasteiger partial charge in [-0.1, -0.05) is 17.3 Å². The lowest BCUT2D eigenvalue weighted by Crippen LogP contribution is -2.53. The van der Waals surface area contributed by atoms with Crippen LogP contribution in [0.4, 0.5) is 4.39 Å². The number of likely N-dealkylation sites (tertiary alicyclic amines) is 1. The van der Waals surface area contributed by atoms with Crippen molar-refractivity contribution in [3.8, 4) is 11.4 Å². The van der Waals surface area contributed by atoms with Crippen LogP contribution in [-0.2, 0) is 9.53 Å². The van der Waals surface area contributed by atoms with E-state index in [0.29, 0.717) is 63.0 Å². The number of rotatable bonds is 4. The smallest absolute Gasteiger partial charge is 0.231 e. The Morgan fingerprint density at radius 3 is 2.86 bits per heavy atom. The van der Waals surface area contributed by atoms with Crippen molar-refractivity contribution in [2.75, 3.05) is 32.8 Å². The van der Waals surface area contributed by atoms with Gasteiger partial charge in [-0.15, -0.1) is 12.4 Å². The third kappa shape index (κ3) is 4.44. The highest BCUT2D eigenvalue weighted by molar-refractivity contribution is 5.85. The molecular weight excluding hydrogens is 399 g/mol. The highest BCUT2D eigenvalue weighted by Gasteiger charge is 2.43. The summed E-state index contributed by atoms with van der Waals surface area (Å²) in [7, 11) is 0. The van der Waals surface area contributed by atoms with E-state index in [2.05, 4.69) is 10.1 Å². The van der Waals surface area contributed by atoms with Gasteiger partial charge in [-0.05, 0) is 37.8 Å². The predicted molar refractivity (Wildman–Crippen MR) is 107 cm³/mol. The molecule has 9 heteroatoms. The van der Waals surface area contributed by atoms with Crippen LogP contribution in [0.25, 0.3) is 11.4 Å². The van der Waals surface area contributed by atoms with Crippen LogP contribution >= 0.6 is 12.4 Å². The summed E-state index contributed by atoms with van der Waals surface area (Å²) in [5.41, 5.74) is 6.04. The standard InChI is InChI=1S/C20H25FN4O3.ClH/c21-16-5-1-3-14(11-16)17-23-18(28-24-17)15-4-2-8-25(12-15)19(26)20(13-22)6-9-27-10-7-20;/h1,3,5,11,15H,2,4,6-10,12-13,22H2;1H. The third-order valence-corrected chi connectivity index (χ3v) is 5.88. The van der Waals surface area contributed by atoms with Crippen LogP contribution in [0.5, 0.6) is 0 Å². The van der Waals surface area contributed by atoms with Gasteiger partial charge in [0.05, 0.1) is 11.3 Å². The Hall–Kier alpha value is -2.03. The summed E-state index contributed by atoms with van der Waals surface area (Å²) >= 11 is 0. The molecule has 1 unspecified atom stereocenters. The number of aromatic nitrogens is 2. The van der Waals surface area contributed by atoms with Gasteiger partial charge in [0, 0.05) is 38.4 Å². The number of nitrogens with two attached hydrogens (primary N) is 1. The monoisotopic (exact) mass is 424 g/mol. The van der Waals surface area contributed by atoms with E-state index >= 15 is 0 Å². The molecule has 0 radical (unpaired) electrons. The minimum Gasteiger partial charge on any atom is -0.381 e. The average Bonchev–Trinajstić information content (AvgIpc) is 3.24. The fourth-order valence-electron chi connectivity index (χ4n) is 4.11. The Morgan fingerprint density at radius 1 is 1.34 bits per heavy atom. The molecule has 3 heterocycles. The van der Waals surface area contributed by atoms with Crippen molar-refractivity contribution in [2.45, 2.75) is 31.6 Å². The van der Waals surface area contributed by atoms with Gasteiger partial charge in [0.1, 0.15) is 5.82 Å². The van der Waals surface area contributed by atoms with E-state index in [9.17, 15) is 9.18 Å². The topological polar surface area (TPSA) is 94.5 Å². The minimum absolute atomic E-state index is 0. The van der Waals surface area contributed by atoms with Crippen molar-refractivity contribution in [1.82, 2.24) is 15.0 Å². The molecule has 0 aliphatic carbocycles. The van der Waals surface area contributed by atoms with E-state index in [0.717, 1.165) is 12.8 Å². The van der Waals surface area contributed by atoms with E-state index in [1.165, 1.54) is 12.1 Å². The fourth-order valence-corrected chi connectivity index (χ4v) is 4.11. The summed E-state index contributed by atoms with van der Waals surface area (Å²) in [5, 5.41) is 4.00. The van der Waals surface area contributed by atoms with Crippen molar-refractivity contribution in [3.63, 3.8) is 0 Å². The third-order valence-electron chi connectivity index (χ3n) is 5.88. The summed E-state index contributed by atoms with van der Waals surface area (Å²) in [5.74, 6) is 0.586. The first kappa shape index (κ1) is 21.7. The van der Waals surface area contributed by atoms with Gasteiger partial charge in [-0.3, -0.25) is 4.79 Å². The van der Waals surface area contributed by atoms with Crippen molar-refractivity contribution in [1.29, 1.82) is 0 Å². The van der Waals surface area contributed by atoms with Crippen molar-refractivity contribution >= 4 is 18.3 Å². The number of carbonyl (C=O) groups is 1. The first-order valence-electron chi connectivity index (χ1n) is 9.78. The number of halogens is 2. The minimum atomic E-state index is -0.526. The zero-order valence-corrected chi connectivity index (χ0v) is 17.0. The molecule has 2 aliphatic heterocycles. The van der Waals surface area contributed by atoms with Crippen LogP contribution in [0.3, 0.4) is 0 Å². The summed E-state index contributed by atoms with van der Waals surface area (Å²) in [6.45, 7) is 2.72. The quantitative estimate of drug-likeness (QED) is 0.810. The van der Waals surface area contributed by atoms with Crippen molar-refractivity contribution < 1.29 is 18.4 Å². The van der Waals surface area contributed by atoms with Gasteiger partial charge >= 0.3 is 0 Å². The van der Waals surface area contributed by atoms with Crippen LogP contribution < -0.4 is 5.73 Å². The number of nitrogens with zero attached hydrogens (tertiary/aromatic N) is 3. The normalized spacial score (nSPS) is 21.4. The number of hydrogen-bond donors (Lipinski definition) is 1. The Bertz CT molecular complexity index is 841. The first-order chi connectivity index (χ1) is 13.6. The van der Waals surface area contributed by atoms with Gasteiger partial charge in [-0.25, -0.2) is 4.39 Å². The Morgan fingerprint density at radius 2 is 2.14 bits per heavy atom. The van der Waals surface area contributed by atoms with Crippen LogP contribution in [0.15, 0.2) is 28.8 Å². The molecule has 0 bridgehead atoms. The molecule has 1 amide bonds. The van der Waals surface area contributed by atoms with Crippen LogP contribution in [0.1, 0.15) is 37.5 Å². The molecule has 1 aromatic carbocycles. The van der Waals surface area contributed by atoms with Gasteiger partial charge in [0.2, 0.25) is 17.6 Å². The summed E-state index contributed by atoms with van der Waals surface area (Å²) in [6, 6.07) is 6.10. The SMILES string of the molecule is Cl.NCC1(C(=O)N2CCCC(c3nc(-c4cccc(F)c4)no3)C2)CCOCC1. The van der Waals surface area contributed by atoms with Gasteiger partial charge in [0.25, 0.3) is 0 Å². The summed E-state index contributed by atoms with van der Waals surface area (Å²) in [4.78, 5) is 19.6. The van der Waals surface area contributed by atoms with E-state index in [4.69, 9.17) is 15.0 Å². The van der Waals surface area contributed by atoms with E-state index in [-0.39, 0.29) is 30.0 Å². The molecule has 4 rings (SSSR count). The molecule has 1 aromatic heterocycles. The van der Waals surface area contributed by atoms with Gasteiger partial charge in [-0.2, -0.15) is 4.98 Å². The molecule has 2 aromatic rings. The molecule has 2 saturated heterocycles. The molecule has 7 nitrogen and oxygen atoms in total. The molecule has 29 heavy (non-hydrogen) atoms. The molecule has 1 atom stereocenters. The molecule has 158 valence electrons. The van der Waals surface area contributed by atoms with Crippen LogP contribution in [-0.4, -0.2) is 53.8 Å². The number of piperidine rings is 1. The number of benzene rings is 1. The van der Waals surface area contributed by atoms with E-state index in [1.54, 1.807) is 12.1 Å². The second kappa shape index (κ2) is 9.19. The lowest BCUT2D eigenvalue weighted by Gasteiger charge is -2.41. The molecule has 0 spiro atoms. The van der Waals surface area contributed by atoms with Crippen LogP contribution in [0, 0.1) is 11.2 Å². The summed E-state index contributed by atoms with van der Waals surface area (Å²) in [6.07, 6.45) is 3.06. The Labute approximate surface area is 175 Å². The highest BCUT2D eigenvalue weighted by atomic mass is 35.5. The maximum Gasteiger partial charge on any atom is 0.231 e. The van der Waals surface area contributed by atoms with Crippen molar-refractivity contribution in [2.24, 2.45) is 11.1 Å². The fraction of sp³-hybridized carbons (Fsp3) is 0.550. The zero-order chi connectivity index (χ0) is 19.6. The molecule has 2 fully saturated rings. The maximum atomic E-state index is 13.5. The largest absolute Gasteiger partial charge is 0.381 e. The predicted octanol–water partition coefficient (Wildman–Crippen LogP) is 2.76. The molecular formula is C20H26ClFN4O3. The van der Waals surface area contributed by atoms with E-state index in [1.807, 2.05) is 4.90 Å². The zero-order valence-electron chi connectivity index (χ0n) is 16.2. The summed E-state index contributed by atoms with van der Waals surface area (Å²) < 4.78 is 24.3. The lowest BCUT2D eigenvalue weighted by molar-refractivity contribution is -0.148.